The van der Waals surface area contributed by atoms with Crippen LogP contribution in [0.15, 0.2) is 29.4 Å². The molecule has 1 amide bonds. The van der Waals surface area contributed by atoms with Crippen LogP contribution in [0, 0.1) is 11.5 Å². The number of likely N-dealkylation sites (tertiary alicyclic amines) is 1. The minimum Gasteiger partial charge on any atom is -0.382 e. The van der Waals surface area contributed by atoms with Crippen LogP contribution < -0.4 is 10.6 Å². The zero-order valence-corrected chi connectivity index (χ0v) is 17.4. The lowest BCUT2D eigenvalue weighted by atomic mass is 10.0. The van der Waals surface area contributed by atoms with Crippen molar-refractivity contribution in [2.45, 2.75) is 38.3 Å². The molecular weight excluding hydrogens is 392 g/mol. The van der Waals surface area contributed by atoms with E-state index in [9.17, 15) is 10.1 Å². The number of nitriles is 1. The van der Waals surface area contributed by atoms with E-state index in [1.165, 1.54) is 0 Å². The van der Waals surface area contributed by atoms with Gasteiger partial charge in [0.25, 0.3) is 6.19 Å². The summed E-state index contributed by atoms with van der Waals surface area (Å²) in [6.45, 7) is 3.79. The minimum absolute atomic E-state index is 0.104. The quantitative estimate of drug-likeness (QED) is 0.317. The summed E-state index contributed by atoms with van der Waals surface area (Å²) < 4.78 is 6.99. The molecule has 2 heterocycles. The van der Waals surface area contributed by atoms with Crippen molar-refractivity contribution < 1.29 is 14.2 Å². The van der Waals surface area contributed by atoms with E-state index >= 15 is 0 Å². The number of carbonyl (C=O) groups excluding carboxylic acids is 1. The molecule has 0 radical (unpaired) electrons. The standard InChI is InChI=1S/C20H25ClN6O2/c1-14(29-2)9-10-23-20(24-13-22)27-12-17(26-11-3-4-18(26)28)19(25-27)15-5-7-16(21)8-6-15/h5-8,14,17H,3-4,9-12H2,1-2H3,(H,23,24)/p+1. The van der Waals surface area contributed by atoms with Gasteiger partial charge in [-0.2, -0.15) is 10.6 Å². The van der Waals surface area contributed by atoms with Gasteiger partial charge in [0.2, 0.25) is 5.91 Å². The van der Waals surface area contributed by atoms with Crippen LogP contribution in [0.5, 0.6) is 0 Å². The van der Waals surface area contributed by atoms with Crippen molar-refractivity contribution in [3.05, 3.63) is 34.9 Å². The molecule has 1 aromatic rings. The number of benzene rings is 1. The van der Waals surface area contributed by atoms with Gasteiger partial charge in [0.1, 0.15) is 18.3 Å². The summed E-state index contributed by atoms with van der Waals surface area (Å²) in [5.41, 5.74) is 1.70. The fourth-order valence-electron chi connectivity index (χ4n) is 3.51. The fraction of sp³-hybridized carbons (Fsp3) is 0.500. The molecule has 1 aromatic carbocycles. The van der Waals surface area contributed by atoms with Crippen molar-refractivity contribution >= 4 is 29.2 Å². The lowest BCUT2D eigenvalue weighted by Crippen LogP contribution is -2.46. The predicted molar refractivity (Wildman–Crippen MR) is 111 cm³/mol. The molecule has 3 rings (SSSR count). The van der Waals surface area contributed by atoms with Gasteiger partial charge in [0.15, 0.2) is 0 Å². The summed E-state index contributed by atoms with van der Waals surface area (Å²) in [6, 6.07) is 7.26. The third kappa shape index (κ3) is 5.05. The van der Waals surface area contributed by atoms with Gasteiger partial charge in [0.05, 0.1) is 12.6 Å². The molecule has 2 N–H and O–H groups in total. The summed E-state index contributed by atoms with van der Waals surface area (Å²) in [5, 5.41) is 20.5. The third-order valence-corrected chi connectivity index (χ3v) is 5.45. The second-order valence-corrected chi connectivity index (χ2v) is 7.56. The maximum atomic E-state index is 12.4. The molecule has 0 saturated carbocycles. The summed E-state index contributed by atoms with van der Waals surface area (Å²) in [4.78, 5) is 14.3. The molecule has 0 aliphatic carbocycles. The Morgan fingerprint density at radius 3 is 2.86 bits per heavy atom. The Bertz CT molecular complexity index is 846. The number of halogens is 1. The number of nitrogens with one attached hydrogen (secondary N) is 2. The first-order valence-electron chi connectivity index (χ1n) is 9.73. The van der Waals surface area contributed by atoms with E-state index in [0.29, 0.717) is 37.0 Å². The number of nitrogens with zero attached hydrogens (tertiary/aromatic N) is 4. The van der Waals surface area contributed by atoms with Crippen LogP contribution in [0.25, 0.3) is 0 Å². The Labute approximate surface area is 175 Å². The number of guanidine groups is 1. The third-order valence-electron chi connectivity index (χ3n) is 5.19. The maximum absolute atomic E-state index is 12.4. The molecular formula is C20H26ClN6O2+. The van der Waals surface area contributed by atoms with Crippen LogP contribution in [0.2, 0.25) is 5.02 Å². The van der Waals surface area contributed by atoms with Crippen LogP contribution in [0.3, 0.4) is 0 Å². The molecule has 0 spiro atoms. The van der Waals surface area contributed by atoms with Gasteiger partial charge >= 0.3 is 5.96 Å². The Morgan fingerprint density at radius 1 is 1.48 bits per heavy atom. The molecule has 2 aliphatic heterocycles. The van der Waals surface area contributed by atoms with Gasteiger partial charge in [-0.25, -0.2) is 0 Å². The van der Waals surface area contributed by atoms with Crippen molar-refractivity contribution in [3.63, 3.8) is 0 Å². The lowest BCUT2D eigenvalue weighted by Gasteiger charge is -2.23. The molecule has 9 heteroatoms. The van der Waals surface area contributed by atoms with E-state index < -0.39 is 0 Å². The fourth-order valence-corrected chi connectivity index (χ4v) is 3.64. The molecule has 1 saturated heterocycles. The maximum Gasteiger partial charge on any atom is 0.384 e. The molecule has 29 heavy (non-hydrogen) atoms. The Balaban J connectivity index is 1.90. The Kier molecular flexibility index (Phi) is 7.07. The van der Waals surface area contributed by atoms with Gasteiger partial charge in [-0.05, 0) is 25.5 Å². The first kappa shape index (κ1) is 21.1. The smallest absolute Gasteiger partial charge is 0.382 e. The molecule has 1 fully saturated rings. The van der Waals surface area contributed by atoms with Gasteiger partial charge in [-0.1, -0.05) is 23.7 Å². The van der Waals surface area contributed by atoms with Crippen molar-refractivity contribution in [3.8, 4) is 6.19 Å². The first-order valence-corrected chi connectivity index (χ1v) is 10.1. The molecule has 2 aliphatic rings. The number of amides is 1. The second kappa shape index (κ2) is 9.72. The predicted octanol–water partition coefficient (Wildman–Crippen LogP) is 1.50. The Hall–Kier alpha value is -2.63. The van der Waals surface area contributed by atoms with Gasteiger partial charge in [0, 0.05) is 37.1 Å². The summed E-state index contributed by atoms with van der Waals surface area (Å²) in [7, 11) is 1.67. The van der Waals surface area contributed by atoms with Crippen molar-refractivity contribution in [2.24, 2.45) is 5.10 Å². The van der Waals surface area contributed by atoms with Crippen LogP contribution in [0.1, 0.15) is 31.7 Å². The highest BCUT2D eigenvalue weighted by atomic mass is 35.5. The molecule has 0 bridgehead atoms. The first-order chi connectivity index (χ1) is 14.0. The van der Waals surface area contributed by atoms with Gasteiger partial charge in [-0.15, -0.1) is 9.79 Å². The number of carbonyl (C=O) groups is 1. The number of rotatable bonds is 6. The normalized spacial score (nSPS) is 21.6. The largest absolute Gasteiger partial charge is 0.384 e. The number of methoxy groups -OCH3 is 1. The van der Waals surface area contributed by atoms with E-state index in [1.54, 1.807) is 11.8 Å². The van der Waals surface area contributed by atoms with Crippen LogP contribution >= 0.6 is 11.6 Å². The highest BCUT2D eigenvalue weighted by Crippen LogP contribution is 2.23. The van der Waals surface area contributed by atoms with Gasteiger partial charge < -0.3 is 9.64 Å². The molecule has 2 atom stereocenters. The van der Waals surface area contributed by atoms with Gasteiger partial charge in [-0.3, -0.25) is 10.1 Å². The molecule has 154 valence electrons. The average Bonchev–Trinajstić information content (AvgIpc) is 3.33. The van der Waals surface area contributed by atoms with Crippen LogP contribution in [-0.4, -0.2) is 66.1 Å². The van der Waals surface area contributed by atoms with Crippen LogP contribution in [0.4, 0.5) is 0 Å². The van der Waals surface area contributed by atoms with E-state index in [2.05, 4.69) is 10.6 Å². The number of hydrogen-bond donors (Lipinski definition) is 2. The SMILES string of the molecule is COC(C)CCN/C(NC#N)=[N+]1/CC(N2CCCC2=O)C(c2ccc(Cl)cc2)=N1. The highest BCUT2D eigenvalue weighted by molar-refractivity contribution is 6.30. The van der Waals surface area contributed by atoms with E-state index in [1.807, 2.05) is 42.3 Å². The van der Waals surface area contributed by atoms with E-state index in [4.69, 9.17) is 21.4 Å². The van der Waals surface area contributed by atoms with E-state index in [0.717, 1.165) is 24.1 Å². The monoisotopic (exact) mass is 417 g/mol. The van der Waals surface area contributed by atoms with Crippen molar-refractivity contribution in [1.82, 2.24) is 15.5 Å². The van der Waals surface area contributed by atoms with Crippen molar-refractivity contribution in [2.75, 3.05) is 26.7 Å². The molecule has 2 unspecified atom stereocenters. The van der Waals surface area contributed by atoms with Crippen LogP contribution in [-0.2, 0) is 9.53 Å². The molecule has 8 nitrogen and oxygen atoms in total. The van der Waals surface area contributed by atoms with E-state index in [-0.39, 0.29) is 18.1 Å². The summed E-state index contributed by atoms with van der Waals surface area (Å²) in [6.07, 6.45) is 4.26. The molecule has 0 aromatic heterocycles. The highest BCUT2D eigenvalue weighted by Gasteiger charge is 2.39. The number of hydrogen-bond acceptors (Lipinski definition) is 4. The average molecular weight is 418 g/mol. The lowest BCUT2D eigenvalue weighted by molar-refractivity contribution is -0.529. The van der Waals surface area contributed by atoms with Crippen molar-refractivity contribution in [1.29, 1.82) is 5.26 Å². The topological polar surface area (TPSA) is 92.8 Å². The number of ether oxygens (including phenoxy) is 1. The Morgan fingerprint density at radius 2 is 2.24 bits per heavy atom. The minimum atomic E-state index is -0.179. The summed E-state index contributed by atoms with van der Waals surface area (Å²) >= 11 is 6.03. The zero-order chi connectivity index (χ0) is 20.8. The second-order valence-electron chi connectivity index (χ2n) is 7.13. The number of hydrazone groups is 1. The zero-order valence-electron chi connectivity index (χ0n) is 16.7. The summed E-state index contributed by atoms with van der Waals surface area (Å²) in [5.74, 6) is 0.631.